The minimum Gasteiger partial charge on any atom is -0.481 e. The third kappa shape index (κ3) is 4.80. The molecule has 0 saturated heterocycles. The molecule has 4 nitrogen and oxygen atoms in total. The van der Waals surface area contributed by atoms with Crippen LogP contribution < -0.4 is 4.74 Å². The highest BCUT2D eigenvalue weighted by Crippen LogP contribution is 2.39. The van der Waals surface area contributed by atoms with E-state index in [0.29, 0.717) is 17.5 Å². The fourth-order valence-electron chi connectivity index (χ4n) is 4.11. The van der Waals surface area contributed by atoms with Gasteiger partial charge >= 0.3 is 12.1 Å². The maximum Gasteiger partial charge on any atom is 0.416 e. The van der Waals surface area contributed by atoms with Crippen LogP contribution in [0.1, 0.15) is 35.1 Å². The van der Waals surface area contributed by atoms with Crippen LogP contribution in [0.15, 0.2) is 48.7 Å². The highest BCUT2D eigenvalue weighted by Gasteiger charge is 2.35. The molecule has 172 valence electrons. The lowest BCUT2D eigenvalue weighted by molar-refractivity contribution is -0.140. The Bertz CT molecular complexity index is 1230. The maximum absolute atomic E-state index is 14.4. The molecule has 2 aromatic carbocycles. The number of alkyl halides is 3. The van der Waals surface area contributed by atoms with E-state index in [0.717, 1.165) is 23.8 Å². The van der Waals surface area contributed by atoms with E-state index in [2.05, 4.69) is 4.98 Å². The zero-order valence-electron chi connectivity index (χ0n) is 17.3. The second kappa shape index (κ2) is 8.67. The standard InChI is InChI=1S/C24H18ClF4NO3/c1-12-4-15-8-21(30-10-19(15)22(12)23(31)32)33-11-16-5-13(2-3-20(16)26)14-6-17(24(27,28)29)9-18(25)7-14/h2-3,5-10,12,22H,4,11H2,1H3,(H,31,32). The first-order valence-corrected chi connectivity index (χ1v) is 10.4. The Kier molecular flexibility index (Phi) is 6.05. The van der Waals surface area contributed by atoms with Crippen LogP contribution in [0.2, 0.25) is 5.02 Å². The number of nitrogens with zero attached hydrogens (tertiary/aromatic N) is 1. The fraction of sp³-hybridized carbons (Fsp3) is 0.250. The number of ether oxygens (including phenoxy) is 1. The molecule has 2 unspecified atom stereocenters. The number of benzene rings is 2. The first-order chi connectivity index (χ1) is 15.5. The van der Waals surface area contributed by atoms with Crippen molar-refractivity contribution in [1.29, 1.82) is 0 Å². The first kappa shape index (κ1) is 23.0. The van der Waals surface area contributed by atoms with Gasteiger partial charge in [-0.05, 0) is 64.9 Å². The van der Waals surface area contributed by atoms with Crippen LogP contribution in [0.3, 0.4) is 0 Å². The molecule has 0 aliphatic heterocycles. The smallest absolute Gasteiger partial charge is 0.416 e. The maximum atomic E-state index is 14.4. The van der Waals surface area contributed by atoms with Gasteiger partial charge in [-0.3, -0.25) is 4.79 Å². The number of carboxylic acid groups (broad SMARTS) is 1. The summed E-state index contributed by atoms with van der Waals surface area (Å²) in [7, 11) is 0. The second-order valence-electron chi connectivity index (χ2n) is 8.04. The lowest BCUT2D eigenvalue weighted by atomic mass is 9.95. The van der Waals surface area contributed by atoms with Crippen molar-refractivity contribution in [3.05, 3.63) is 81.8 Å². The van der Waals surface area contributed by atoms with Gasteiger partial charge in [0.1, 0.15) is 12.4 Å². The monoisotopic (exact) mass is 479 g/mol. The molecule has 1 aromatic heterocycles. The summed E-state index contributed by atoms with van der Waals surface area (Å²) >= 11 is 5.86. The molecule has 0 spiro atoms. The van der Waals surface area contributed by atoms with Crippen molar-refractivity contribution in [2.45, 2.75) is 32.0 Å². The van der Waals surface area contributed by atoms with Gasteiger partial charge in [0.05, 0.1) is 11.5 Å². The first-order valence-electron chi connectivity index (χ1n) is 10.0. The fourth-order valence-corrected chi connectivity index (χ4v) is 4.34. The number of hydrogen-bond donors (Lipinski definition) is 1. The number of halogens is 5. The number of pyridine rings is 1. The number of hydrogen-bond acceptors (Lipinski definition) is 3. The van der Waals surface area contributed by atoms with Crippen LogP contribution in [0.5, 0.6) is 5.88 Å². The molecule has 0 radical (unpaired) electrons. The topological polar surface area (TPSA) is 59.4 Å². The largest absolute Gasteiger partial charge is 0.481 e. The Morgan fingerprint density at radius 2 is 1.94 bits per heavy atom. The molecular weight excluding hydrogens is 462 g/mol. The quantitative estimate of drug-likeness (QED) is 0.424. The molecule has 0 bridgehead atoms. The van der Waals surface area contributed by atoms with E-state index in [-0.39, 0.29) is 34.6 Å². The second-order valence-corrected chi connectivity index (χ2v) is 8.48. The van der Waals surface area contributed by atoms with Crippen molar-refractivity contribution in [3.63, 3.8) is 0 Å². The number of carboxylic acids is 1. The normalized spacial score (nSPS) is 17.6. The van der Waals surface area contributed by atoms with Gasteiger partial charge in [-0.1, -0.05) is 24.6 Å². The van der Waals surface area contributed by atoms with E-state index >= 15 is 0 Å². The zero-order chi connectivity index (χ0) is 23.9. The molecule has 0 saturated carbocycles. The molecule has 0 amide bonds. The predicted molar refractivity (Wildman–Crippen MR) is 114 cm³/mol. The molecule has 33 heavy (non-hydrogen) atoms. The van der Waals surface area contributed by atoms with E-state index in [4.69, 9.17) is 16.3 Å². The predicted octanol–water partition coefficient (Wildman–Crippen LogP) is 6.50. The lowest BCUT2D eigenvalue weighted by Crippen LogP contribution is -2.15. The summed E-state index contributed by atoms with van der Waals surface area (Å²) in [6.07, 6.45) is -2.54. The molecule has 1 aliphatic rings. The van der Waals surface area contributed by atoms with Crippen LogP contribution in [0.4, 0.5) is 17.6 Å². The molecule has 3 aromatic rings. The molecule has 4 rings (SSSR count). The van der Waals surface area contributed by atoms with E-state index in [1.165, 1.54) is 24.4 Å². The Balaban J connectivity index is 1.57. The van der Waals surface area contributed by atoms with Gasteiger partial charge < -0.3 is 9.84 Å². The molecule has 9 heteroatoms. The van der Waals surface area contributed by atoms with Crippen molar-refractivity contribution in [3.8, 4) is 17.0 Å². The molecule has 1 aliphatic carbocycles. The Morgan fingerprint density at radius 3 is 2.64 bits per heavy atom. The summed E-state index contributed by atoms with van der Waals surface area (Å²) in [4.78, 5) is 15.6. The van der Waals surface area contributed by atoms with Crippen LogP contribution in [-0.4, -0.2) is 16.1 Å². The molecular formula is C24H18ClF4NO3. The highest BCUT2D eigenvalue weighted by molar-refractivity contribution is 6.31. The van der Waals surface area contributed by atoms with Crippen LogP contribution >= 0.6 is 11.6 Å². The van der Waals surface area contributed by atoms with Crippen LogP contribution in [-0.2, 0) is 24.0 Å². The van der Waals surface area contributed by atoms with Crippen molar-refractivity contribution >= 4 is 17.6 Å². The van der Waals surface area contributed by atoms with E-state index in [9.17, 15) is 27.5 Å². The molecule has 1 N–H and O–H groups in total. The van der Waals surface area contributed by atoms with E-state index < -0.39 is 29.4 Å². The molecule has 1 heterocycles. The van der Waals surface area contributed by atoms with Crippen molar-refractivity contribution in [2.75, 3.05) is 0 Å². The summed E-state index contributed by atoms with van der Waals surface area (Å²) < 4.78 is 59.4. The van der Waals surface area contributed by atoms with Gasteiger partial charge in [0.15, 0.2) is 0 Å². The van der Waals surface area contributed by atoms with Gasteiger partial charge in [0.2, 0.25) is 5.88 Å². The number of fused-ring (bicyclic) bond motifs is 1. The number of aromatic nitrogens is 1. The Labute approximate surface area is 191 Å². The summed E-state index contributed by atoms with van der Waals surface area (Å²) in [5, 5.41) is 9.32. The molecule has 0 fully saturated rings. The van der Waals surface area contributed by atoms with Crippen LogP contribution in [0.25, 0.3) is 11.1 Å². The SMILES string of the molecule is CC1Cc2cc(OCc3cc(-c4cc(Cl)cc(C(F)(F)F)c4)ccc3F)ncc2C1C(=O)O. The van der Waals surface area contributed by atoms with Gasteiger partial charge in [-0.25, -0.2) is 9.37 Å². The lowest BCUT2D eigenvalue weighted by Gasteiger charge is -2.13. The highest BCUT2D eigenvalue weighted by atomic mass is 35.5. The van der Waals surface area contributed by atoms with Crippen molar-refractivity contribution in [2.24, 2.45) is 5.92 Å². The third-order valence-electron chi connectivity index (χ3n) is 5.69. The summed E-state index contributed by atoms with van der Waals surface area (Å²) in [5.41, 5.74) is 1.22. The summed E-state index contributed by atoms with van der Waals surface area (Å²) in [6.45, 7) is 1.64. The van der Waals surface area contributed by atoms with Gasteiger partial charge in [0.25, 0.3) is 0 Å². The number of aliphatic carboxylic acids is 1. The number of carbonyl (C=O) groups is 1. The third-order valence-corrected chi connectivity index (χ3v) is 5.91. The number of rotatable bonds is 5. The minimum atomic E-state index is -4.57. The van der Waals surface area contributed by atoms with E-state index in [1.54, 1.807) is 6.07 Å². The van der Waals surface area contributed by atoms with E-state index in [1.807, 2.05) is 6.92 Å². The average molecular weight is 480 g/mol. The summed E-state index contributed by atoms with van der Waals surface area (Å²) in [5.74, 6) is -2.00. The van der Waals surface area contributed by atoms with Crippen molar-refractivity contribution < 1.29 is 32.2 Å². The summed E-state index contributed by atoms with van der Waals surface area (Å²) in [6, 6.07) is 8.71. The van der Waals surface area contributed by atoms with Crippen molar-refractivity contribution in [1.82, 2.24) is 4.98 Å². The Morgan fingerprint density at radius 1 is 1.18 bits per heavy atom. The minimum absolute atomic E-state index is 0.0806. The average Bonchev–Trinajstić information content (AvgIpc) is 3.07. The van der Waals surface area contributed by atoms with Gasteiger partial charge in [-0.15, -0.1) is 0 Å². The van der Waals surface area contributed by atoms with Crippen LogP contribution in [0, 0.1) is 11.7 Å². The van der Waals surface area contributed by atoms with Gasteiger partial charge in [-0.2, -0.15) is 13.2 Å². The molecule has 2 atom stereocenters. The Hall–Kier alpha value is -3.13. The van der Waals surface area contributed by atoms with Gasteiger partial charge in [0, 0.05) is 22.8 Å². The zero-order valence-corrected chi connectivity index (χ0v) is 18.0.